The summed E-state index contributed by atoms with van der Waals surface area (Å²) in [4.78, 5) is 39.4. The van der Waals surface area contributed by atoms with Crippen LogP contribution in [0.5, 0.6) is 11.5 Å². The van der Waals surface area contributed by atoms with Crippen molar-refractivity contribution in [3.63, 3.8) is 0 Å². The zero-order valence-electron chi connectivity index (χ0n) is 17.9. The molecule has 2 atom stereocenters. The van der Waals surface area contributed by atoms with Gasteiger partial charge in [0.1, 0.15) is 11.6 Å². The normalized spacial score (nSPS) is 19.6. The van der Waals surface area contributed by atoms with Crippen molar-refractivity contribution in [2.75, 3.05) is 19.5 Å². The Labute approximate surface area is 196 Å². The highest BCUT2D eigenvalue weighted by molar-refractivity contribution is 6.33. The minimum atomic E-state index is -4.64. The van der Waals surface area contributed by atoms with E-state index in [2.05, 4.69) is 5.32 Å². The fourth-order valence-corrected chi connectivity index (χ4v) is 4.22. The second kappa shape index (κ2) is 8.71. The van der Waals surface area contributed by atoms with Crippen LogP contribution in [0.25, 0.3) is 0 Å². The molecule has 8 nitrogen and oxygen atoms in total. The number of hydrogen-bond acceptors (Lipinski definition) is 6. The van der Waals surface area contributed by atoms with E-state index in [0.29, 0.717) is 11.6 Å². The number of anilines is 1. The molecule has 1 fully saturated rings. The van der Waals surface area contributed by atoms with Gasteiger partial charge in [-0.25, -0.2) is 4.79 Å². The average molecular weight is 499 g/mol. The summed E-state index contributed by atoms with van der Waals surface area (Å²) in [5, 5.41) is 2.26. The standard InChI is InChI=1S/C22H18ClF3N2O6/c1-32-15-7-4-11-17(18(15)33-2)21(31)34-20(11)28-14(6-8-16(28)29)19(30)27-13-9-10(22(24,25)26)3-5-12(13)23/h3-5,7,9,14,20H,6,8H2,1-2H3,(H,27,30)/t14-,20-/m0/s1. The fourth-order valence-electron chi connectivity index (χ4n) is 4.06. The van der Waals surface area contributed by atoms with E-state index in [1.807, 2.05) is 0 Å². The number of halogens is 4. The van der Waals surface area contributed by atoms with Gasteiger partial charge >= 0.3 is 12.1 Å². The van der Waals surface area contributed by atoms with Crippen molar-refractivity contribution >= 4 is 35.1 Å². The van der Waals surface area contributed by atoms with Gasteiger partial charge in [-0.3, -0.25) is 14.5 Å². The summed E-state index contributed by atoms with van der Waals surface area (Å²) in [5.74, 6) is -1.60. The lowest BCUT2D eigenvalue weighted by Crippen LogP contribution is -2.44. The van der Waals surface area contributed by atoms with E-state index < -0.39 is 41.8 Å². The Morgan fingerprint density at radius 1 is 1.18 bits per heavy atom. The molecule has 180 valence electrons. The topological polar surface area (TPSA) is 94.2 Å². The number of carbonyl (C=O) groups excluding carboxylic acids is 3. The first-order valence-electron chi connectivity index (χ1n) is 10.0. The first-order chi connectivity index (χ1) is 16.1. The van der Waals surface area contributed by atoms with Gasteiger partial charge in [-0.05, 0) is 36.8 Å². The van der Waals surface area contributed by atoms with Crippen molar-refractivity contribution in [3.8, 4) is 11.5 Å². The molecule has 0 radical (unpaired) electrons. The minimum Gasteiger partial charge on any atom is -0.493 e. The molecule has 2 aromatic carbocycles. The summed E-state index contributed by atoms with van der Waals surface area (Å²) in [5.41, 5.74) is -0.887. The van der Waals surface area contributed by atoms with Crippen LogP contribution < -0.4 is 14.8 Å². The molecule has 0 spiro atoms. The predicted molar refractivity (Wildman–Crippen MR) is 113 cm³/mol. The Kier molecular flexibility index (Phi) is 6.07. The number of nitrogens with one attached hydrogen (secondary N) is 1. The molecule has 0 bridgehead atoms. The number of likely N-dealkylation sites (tertiary alicyclic amines) is 1. The van der Waals surface area contributed by atoms with E-state index >= 15 is 0 Å². The first-order valence-corrected chi connectivity index (χ1v) is 10.4. The number of benzene rings is 2. The molecule has 0 unspecified atom stereocenters. The second-order valence-corrected chi connectivity index (χ2v) is 7.97. The average Bonchev–Trinajstić information content (AvgIpc) is 3.33. The Morgan fingerprint density at radius 2 is 1.91 bits per heavy atom. The fraction of sp³-hybridized carbons (Fsp3) is 0.318. The van der Waals surface area contributed by atoms with Gasteiger partial charge in [-0.15, -0.1) is 0 Å². The minimum absolute atomic E-state index is 0.0227. The molecule has 2 heterocycles. The van der Waals surface area contributed by atoms with Gasteiger partial charge in [-0.2, -0.15) is 13.2 Å². The lowest BCUT2D eigenvalue weighted by Gasteiger charge is -2.29. The molecule has 0 aliphatic carbocycles. The molecule has 2 aromatic rings. The van der Waals surface area contributed by atoms with Crippen molar-refractivity contribution in [2.45, 2.75) is 31.3 Å². The monoisotopic (exact) mass is 498 g/mol. The molecule has 2 aliphatic heterocycles. The number of ether oxygens (including phenoxy) is 3. The van der Waals surface area contributed by atoms with Crippen LogP contribution in [-0.4, -0.2) is 42.9 Å². The number of methoxy groups -OCH3 is 2. The van der Waals surface area contributed by atoms with E-state index in [0.717, 1.165) is 17.0 Å². The third-order valence-electron chi connectivity index (χ3n) is 5.63. The zero-order valence-corrected chi connectivity index (χ0v) is 18.6. The maximum Gasteiger partial charge on any atom is 0.416 e. The van der Waals surface area contributed by atoms with Crippen molar-refractivity contribution in [3.05, 3.63) is 52.0 Å². The van der Waals surface area contributed by atoms with Gasteiger partial charge in [0.05, 0.1) is 30.5 Å². The Morgan fingerprint density at radius 3 is 2.56 bits per heavy atom. The third-order valence-corrected chi connectivity index (χ3v) is 5.96. The van der Waals surface area contributed by atoms with Crippen LogP contribution >= 0.6 is 11.6 Å². The van der Waals surface area contributed by atoms with Crippen LogP contribution in [-0.2, 0) is 20.5 Å². The largest absolute Gasteiger partial charge is 0.493 e. The molecule has 2 amide bonds. The Bertz CT molecular complexity index is 1190. The molecular formula is C22H18ClF3N2O6. The number of carbonyl (C=O) groups is 3. The quantitative estimate of drug-likeness (QED) is 0.622. The molecule has 0 aromatic heterocycles. The van der Waals surface area contributed by atoms with Crippen molar-refractivity contribution < 1.29 is 41.8 Å². The molecule has 34 heavy (non-hydrogen) atoms. The zero-order chi connectivity index (χ0) is 24.8. The highest BCUT2D eigenvalue weighted by Crippen LogP contribution is 2.45. The van der Waals surface area contributed by atoms with Gasteiger partial charge in [-0.1, -0.05) is 11.6 Å². The van der Waals surface area contributed by atoms with Crippen molar-refractivity contribution in [1.29, 1.82) is 0 Å². The van der Waals surface area contributed by atoms with Crippen LogP contribution in [0.3, 0.4) is 0 Å². The summed E-state index contributed by atoms with van der Waals surface area (Å²) < 4.78 is 55.1. The summed E-state index contributed by atoms with van der Waals surface area (Å²) in [6.45, 7) is 0. The van der Waals surface area contributed by atoms with Crippen LogP contribution in [0.4, 0.5) is 18.9 Å². The molecule has 2 aliphatic rings. The van der Waals surface area contributed by atoms with Gasteiger partial charge < -0.3 is 19.5 Å². The highest BCUT2D eigenvalue weighted by atomic mass is 35.5. The number of cyclic esters (lactones) is 1. The molecule has 12 heteroatoms. The third kappa shape index (κ3) is 4.00. The van der Waals surface area contributed by atoms with Gasteiger partial charge in [0.25, 0.3) is 0 Å². The highest BCUT2D eigenvalue weighted by Gasteiger charge is 2.48. The predicted octanol–water partition coefficient (Wildman–Crippen LogP) is 4.17. The van der Waals surface area contributed by atoms with Crippen LogP contribution in [0.2, 0.25) is 5.02 Å². The number of amides is 2. The van der Waals surface area contributed by atoms with Gasteiger partial charge in [0.15, 0.2) is 11.5 Å². The van der Waals surface area contributed by atoms with Crippen molar-refractivity contribution in [1.82, 2.24) is 4.90 Å². The van der Waals surface area contributed by atoms with Crippen LogP contribution in [0.15, 0.2) is 30.3 Å². The number of alkyl halides is 3. The number of esters is 1. The molecular weight excluding hydrogens is 481 g/mol. The molecule has 1 saturated heterocycles. The molecule has 4 rings (SSSR count). The SMILES string of the molecule is COc1ccc2c(c1OC)C(=O)O[C@@H]2N1C(=O)CC[C@H]1C(=O)Nc1cc(C(F)(F)F)ccc1Cl. The van der Waals surface area contributed by atoms with Crippen LogP contribution in [0.1, 0.15) is 40.6 Å². The maximum absolute atomic E-state index is 13.1. The van der Waals surface area contributed by atoms with E-state index in [9.17, 15) is 27.6 Å². The number of rotatable bonds is 5. The summed E-state index contributed by atoms with van der Waals surface area (Å²) in [6.07, 6.45) is -5.81. The van der Waals surface area contributed by atoms with E-state index in [1.165, 1.54) is 26.4 Å². The first kappa shape index (κ1) is 23.7. The number of nitrogens with zero attached hydrogens (tertiary/aromatic N) is 1. The van der Waals surface area contributed by atoms with Gasteiger partial charge in [0, 0.05) is 12.0 Å². The number of fused-ring (bicyclic) bond motifs is 1. The lowest BCUT2D eigenvalue weighted by atomic mass is 10.0. The van der Waals surface area contributed by atoms with Crippen molar-refractivity contribution in [2.24, 2.45) is 0 Å². The summed E-state index contributed by atoms with van der Waals surface area (Å²) in [6, 6.07) is 4.46. The van der Waals surface area contributed by atoms with E-state index in [1.54, 1.807) is 0 Å². The van der Waals surface area contributed by atoms with Gasteiger partial charge in [0.2, 0.25) is 18.0 Å². The Balaban J connectivity index is 1.65. The maximum atomic E-state index is 13.1. The smallest absolute Gasteiger partial charge is 0.416 e. The Hall–Kier alpha value is -3.47. The summed E-state index contributed by atoms with van der Waals surface area (Å²) >= 11 is 5.98. The number of hydrogen-bond donors (Lipinski definition) is 1. The molecule has 0 saturated carbocycles. The summed E-state index contributed by atoms with van der Waals surface area (Å²) in [7, 11) is 2.74. The van der Waals surface area contributed by atoms with E-state index in [4.69, 9.17) is 25.8 Å². The van der Waals surface area contributed by atoms with E-state index in [-0.39, 0.29) is 40.6 Å². The molecule has 1 N–H and O–H groups in total. The second-order valence-electron chi connectivity index (χ2n) is 7.56. The van der Waals surface area contributed by atoms with Crippen LogP contribution in [0, 0.1) is 0 Å². The lowest BCUT2D eigenvalue weighted by molar-refractivity contribution is -0.144.